The quantitative estimate of drug-likeness (QED) is 0.443. The van der Waals surface area contributed by atoms with Gasteiger partial charge in [-0.25, -0.2) is 4.79 Å². The van der Waals surface area contributed by atoms with Gasteiger partial charge in [0.05, 0.1) is 24.2 Å². The summed E-state index contributed by atoms with van der Waals surface area (Å²) in [6.07, 6.45) is -2.29. The van der Waals surface area contributed by atoms with Gasteiger partial charge in [-0.3, -0.25) is 9.59 Å². The summed E-state index contributed by atoms with van der Waals surface area (Å²) in [4.78, 5) is 33.1. The van der Waals surface area contributed by atoms with Crippen LogP contribution < -0.4 is 5.32 Å². The molecule has 0 fully saturated rings. The maximum Gasteiger partial charge on any atom is 0.336 e. The Kier molecular flexibility index (Phi) is 6.43. The summed E-state index contributed by atoms with van der Waals surface area (Å²) in [5.74, 6) is -5.02. The topological polar surface area (TPSA) is 144 Å². The van der Waals surface area contributed by atoms with Crippen molar-refractivity contribution in [2.75, 3.05) is 5.32 Å². The monoisotopic (exact) mass is 391 g/mol. The molecule has 1 aliphatic heterocycles. The average Bonchev–Trinajstić information content (AvgIpc) is 2.59. The van der Waals surface area contributed by atoms with Crippen LogP contribution in [-0.4, -0.2) is 43.9 Å². The molecule has 0 aliphatic carbocycles. The van der Waals surface area contributed by atoms with Gasteiger partial charge in [0, 0.05) is 9.79 Å². The summed E-state index contributed by atoms with van der Waals surface area (Å²) in [5.41, 5.74) is -0.329. The summed E-state index contributed by atoms with van der Waals surface area (Å²) >= 11 is 1.82. The summed E-state index contributed by atoms with van der Waals surface area (Å²) in [6.45, 7) is 0. The molecule has 27 heavy (non-hydrogen) atoms. The number of carboxylic acids is 3. The summed E-state index contributed by atoms with van der Waals surface area (Å²) in [6, 6.07) is 16.8. The van der Waals surface area contributed by atoms with Crippen molar-refractivity contribution in [1.82, 2.24) is 0 Å². The van der Waals surface area contributed by atoms with Crippen molar-refractivity contribution in [3.8, 4) is 0 Å². The van der Waals surface area contributed by atoms with Gasteiger partial charge in [-0.05, 0) is 24.3 Å². The molecule has 0 spiro atoms. The van der Waals surface area contributed by atoms with Crippen molar-refractivity contribution in [3.05, 3.63) is 48.5 Å². The Labute approximate surface area is 158 Å². The smallest absolute Gasteiger partial charge is 0.336 e. The number of fused-ring (bicyclic) bond motifs is 2. The molecular weight excluding hydrogens is 374 g/mol. The Bertz CT molecular complexity index is 765. The molecular formula is C18H17NO7S. The number of carboxylic acid groups (broad SMARTS) is 3. The van der Waals surface area contributed by atoms with Gasteiger partial charge in [0.1, 0.15) is 0 Å². The summed E-state index contributed by atoms with van der Waals surface area (Å²) in [5, 5.41) is 37.2. The highest BCUT2D eigenvalue weighted by Crippen LogP contribution is 2.43. The van der Waals surface area contributed by atoms with Gasteiger partial charge in [-0.1, -0.05) is 36.0 Å². The number of nitrogens with one attached hydrogen (secondary N) is 1. The van der Waals surface area contributed by atoms with E-state index in [-0.39, 0.29) is 0 Å². The van der Waals surface area contributed by atoms with Crippen LogP contribution in [0.4, 0.5) is 11.4 Å². The largest absolute Gasteiger partial charge is 0.481 e. The Morgan fingerprint density at radius 3 is 1.59 bits per heavy atom. The molecule has 0 saturated carbocycles. The first-order chi connectivity index (χ1) is 12.7. The van der Waals surface area contributed by atoms with Gasteiger partial charge < -0.3 is 25.7 Å². The molecule has 3 rings (SSSR count). The molecule has 2 aromatic rings. The van der Waals surface area contributed by atoms with E-state index < -0.39 is 36.4 Å². The fourth-order valence-corrected chi connectivity index (χ4v) is 3.28. The van der Waals surface area contributed by atoms with Crippen LogP contribution in [0.15, 0.2) is 58.3 Å². The summed E-state index contributed by atoms with van der Waals surface area (Å²) < 4.78 is 0. The average molecular weight is 391 g/mol. The van der Waals surface area contributed by atoms with Crippen molar-refractivity contribution < 1.29 is 34.8 Å². The molecule has 9 heteroatoms. The molecule has 1 aliphatic rings. The molecule has 0 aromatic heterocycles. The highest BCUT2D eigenvalue weighted by atomic mass is 32.2. The number of anilines is 2. The fourth-order valence-electron chi connectivity index (χ4n) is 2.30. The minimum atomic E-state index is -2.74. The van der Waals surface area contributed by atoms with Gasteiger partial charge in [-0.2, -0.15) is 0 Å². The Hall–Kier alpha value is -3.04. The van der Waals surface area contributed by atoms with Crippen molar-refractivity contribution >= 4 is 41.0 Å². The minimum Gasteiger partial charge on any atom is -0.481 e. The first-order valence-corrected chi connectivity index (χ1v) is 8.55. The lowest BCUT2D eigenvalue weighted by Crippen LogP contribution is -2.42. The van der Waals surface area contributed by atoms with Crippen LogP contribution >= 0.6 is 11.8 Å². The molecule has 0 radical (unpaired) electrons. The molecule has 2 aromatic carbocycles. The normalized spacial score (nSPS) is 11.7. The molecule has 0 atom stereocenters. The molecule has 0 unspecified atom stereocenters. The van der Waals surface area contributed by atoms with Crippen molar-refractivity contribution in [1.29, 1.82) is 0 Å². The maximum atomic E-state index is 10.3. The lowest BCUT2D eigenvalue weighted by Gasteiger charge is -2.19. The summed E-state index contributed by atoms with van der Waals surface area (Å²) in [7, 11) is 0. The zero-order valence-electron chi connectivity index (χ0n) is 14.0. The number of carbonyl (C=O) groups is 3. The zero-order valence-corrected chi connectivity index (χ0v) is 14.8. The van der Waals surface area contributed by atoms with Gasteiger partial charge in [0.15, 0.2) is 5.60 Å². The van der Waals surface area contributed by atoms with Crippen LogP contribution in [0, 0.1) is 0 Å². The SMILES string of the molecule is O=C(O)CC(O)(CC(=O)O)C(=O)O.c1ccc2c(c1)Nc1ccccc1S2. The molecule has 0 bridgehead atoms. The van der Waals surface area contributed by atoms with E-state index in [2.05, 4.69) is 53.8 Å². The third kappa shape index (κ3) is 5.47. The second kappa shape index (κ2) is 8.56. The van der Waals surface area contributed by atoms with Gasteiger partial charge in [-0.15, -0.1) is 0 Å². The van der Waals surface area contributed by atoms with Crippen LogP contribution in [0.5, 0.6) is 0 Å². The molecule has 0 saturated heterocycles. The van der Waals surface area contributed by atoms with E-state index in [0.29, 0.717) is 0 Å². The second-order valence-electron chi connectivity index (χ2n) is 5.70. The molecule has 5 N–H and O–H groups in total. The number of benzene rings is 2. The first-order valence-electron chi connectivity index (χ1n) is 7.73. The third-order valence-electron chi connectivity index (χ3n) is 3.55. The number of rotatable bonds is 5. The number of para-hydroxylation sites is 2. The number of hydrogen-bond acceptors (Lipinski definition) is 6. The van der Waals surface area contributed by atoms with Crippen LogP contribution in [-0.2, 0) is 14.4 Å². The Balaban J connectivity index is 0.000000195. The first kappa shape index (κ1) is 20.3. The minimum absolute atomic E-state index is 1.14. The van der Waals surface area contributed by atoms with E-state index in [0.717, 1.165) is 0 Å². The van der Waals surface area contributed by atoms with E-state index in [1.165, 1.54) is 21.2 Å². The number of aliphatic hydroxyl groups is 1. The Morgan fingerprint density at radius 2 is 1.22 bits per heavy atom. The van der Waals surface area contributed by atoms with E-state index in [1.807, 2.05) is 11.8 Å². The van der Waals surface area contributed by atoms with Crippen LogP contribution in [0.3, 0.4) is 0 Å². The highest BCUT2D eigenvalue weighted by molar-refractivity contribution is 7.99. The highest BCUT2D eigenvalue weighted by Gasteiger charge is 2.40. The van der Waals surface area contributed by atoms with Gasteiger partial charge in [0.2, 0.25) is 0 Å². The van der Waals surface area contributed by atoms with Crippen LogP contribution in [0.2, 0.25) is 0 Å². The van der Waals surface area contributed by atoms with Gasteiger partial charge >= 0.3 is 17.9 Å². The van der Waals surface area contributed by atoms with Crippen molar-refractivity contribution in [3.63, 3.8) is 0 Å². The number of hydrogen-bond donors (Lipinski definition) is 5. The van der Waals surface area contributed by atoms with E-state index >= 15 is 0 Å². The zero-order chi connectivity index (χ0) is 20.0. The van der Waals surface area contributed by atoms with E-state index in [4.69, 9.17) is 20.4 Å². The van der Waals surface area contributed by atoms with E-state index in [1.54, 1.807) is 0 Å². The molecule has 142 valence electrons. The molecule has 1 heterocycles. The predicted molar refractivity (Wildman–Crippen MR) is 97.4 cm³/mol. The molecule has 8 nitrogen and oxygen atoms in total. The maximum absolute atomic E-state index is 10.3. The van der Waals surface area contributed by atoms with Crippen LogP contribution in [0.25, 0.3) is 0 Å². The lowest BCUT2D eigenvalue weighted by atomic mass is 9.96. The lowest BCUT2D eigenvalue weighted by molar-refractivity contribution is -0.170. The predicted octanol–water partition coefficient (Wildman–Crippen LogP) is 2.65. The van der Waals surface area contributed by atoms with Crippen LogP contribution in [0.1, 0.15) is 12.8 Å². The molecule has 0 amide bonds. The standard InChI is InChI=1S/C12H9NS.C6H8O7/c1-3-7-11-9(5-1)13-10-6-2-4-8-12(10)14-11;7-3(8)1-6(13,5(11)12)2-4(9)10/h1-8,13H;13H,1-2H2,(H,7,8)(H,9,10)(H,11,12). The van der Waals surface area contributed by atoms with Crippen molar-refractivity contribution in [2.24, 2.45) is 0 Å². The van der Waals surface area contributed by atoms with Gasteiger partial charge in [0.25, 0.3) is 0 Å². The second-order valence-corrected chi connectivity index (χ2v) is 6.78. The third-order valence-corrected chi connectivity index (χ3v) is 4.70. The fraction of sp³-hybridized carbons (Fsp3) is 0.167. The Morgan fingerprint density at radius 1 is 0.815 bits per heavy atom. The van der Waals surface area contributed by atoms with Crippen molar-refractivity contribution in [2.45, 2.75) is 28.2 Å². The number of aliphatic carboxylic acids is 3. The van der Waals surface area contributed by atoms with E-state index in [9.17, 15) is 14.4 Å².